The van der Waals surface area contributed by atoms with E-state index >= 15 is 0 Å². The van der Waals surface area contributed by atoms with E-state index in [-0.39, 0.29) is 30.9 Å². The van der Waals surface area contributed by atoms with Crippen LogP contribution in [0.1, 0.15) is 44.6 Å². The summed E-state index contributed by atoms with van der Waals surface area (Å²) in [6, 6.07) is 7.98. The zero-order valence-corrected chi connectivity index (χ0v) is 16.9. The molecule has 29 heavy (non-hydrogen) atoms. The number of aliphatic hydroxyl groups is 1. The highest BCUT2D eigenvalue weighted by atomic mass is 16.5. The quantitative estimate of drug-likeness (QED) is 0.445. The third-order valence-electron chi connectivity index (χ3n) is 4.97. The first-order chi connectivity index (χ1) is 14.0. The van der Waals surface area contributed by atoms with Crippen molar-refractivity contribution in [2.45, 2.75) is 57.7 Å². The van der Waals surface area contributed by atoms with Gasteiger partial charge in [-0.15, -0.1) is 0 Å². The minimum atomic E-state index is -0.760. The number of ether oxygens (including phenoxy) is 1. The standard InChI is InChI=1S/C21H31N3O5/c1-2-3-9-18(24-21(28)29-14-15-7-5-4-6-8-15)20(27)23-17(13-25)12-16-10-11-22-19(16)26/h4-8,16-18,25H,2-3,9-14H2,1H3,(H,22,26)(H,23,27)(H,24,28)/t16?,17-,18-/m0/s1. The van der Waals surface area contributed by atoms with Crippen molar-refractivity contribution in [3.05, 3.63) is 35.9 Å². The van der Waals surface area contributed by atoms with Gasteiger partial charge in [-0.25, -0.2) is 4.79 Å². The number of carbonyl (C=O) groups excluding carboxylic acids is 3. The molecule has 1 aliphatic rings. The van der Waals surface area contributed by atoms with Gasteiger partial charge in [-0.2, -0.15) is 0 Å². The molecule has 0 aliphatic carbocycles. The monoisotopic (exact) mass is 405 g/mol. The number of alkyl carbamates (subject to hydrolysis) is 1. The van der Waals surface area contributed by atoms with Crippen LogP contribution >= 0.6 is 0 Å². The van der Waals surface area contributed by atoms with Crippen LogP contribution < -0.4 is 16.0 Å². The van der Waals surface area contributed by atoms with Crippen molar-refractivity contribution in [1.29, 1.82) is 0 Å². The van der Waals surface area contributed by atoms with Crippen LogP contribution in [0.4, 0.5) is 4.79 Å². The fourth-order valence-corrected chi connectivity index (χ4v) is 3.28. The first-order valence-corrected chi connectivity index (χ1v) is 10.2. The average molecular weight is 405 g/mol. The molecule has 4 N–H and O–H groups in total. The van der Waals surface area contributed by atoms with Gasteiger partial charge < -0.3 is 25.8 Å². The van der Waals surface area contributed by atoms with Crippen LogP contribution in [0.25, 0.3) is 0 Å². The number of amides is 3. The van der Waals surface area contributed by atoms with Crippen molar-refractivity contribution in [2.24, 2.45) is 5.92 Å². The molecule has 1 aromatic carbocycles. The Kier molecular flexibility index (Phi) is 9.43. The summed E-state index contributed by atoms with van der Waals surface area (Å²) in [5.74, 6) is -0.652. The summed E-state index contributed by atoms with van der Waals surface area (Å²) < 4.78 is 5.21. The Labute approximate surface area is 171 Å². The molecule has 3 atom stereocenters. The summed E-state index contributed by atoms with van der Waals surface area (Å²) in [6.45, 7) is 2.46. The van der Waals surface area contributed by atoms with E-state index in [0.29, 0.717) is 25.8 Å². The lowest BCUT2D eigenvalue weighted by atomic mass is 9.98. The predicted octanol–water partition coefficient (Wildman–Crippen LogP) is 1.47. The molecule has 0 saturated carbocycles. The minimum Gasteiger partial charge on any atom is -0.445 e. The number of hydrogen-bond donors (Lipinski definition) is 4. The number of carbonyl (C=O) groups is 3. The number of unbranched alkanes of at least 4 members (excludes halogenated alkanes) is 1. The normalized spacial score (nSPS) is 17.9. The Morgan fingerprint density at radius 3 is 2.66 bits per heavy atom. The molecule has 1 saturated heterocycles. The van der Waals surface area contributed by atoms with Gasteiger partial charge in [0.05, 0.1) is 12.6 Å². The Hall–Kier alpha value is -2.61. The Morgan fingerprint density at radius 1 is 1.28 bits per heavy atom. The Bertz CT molecular complexity index is 668. The van der Waals surface area contributed by atoms with Gasteiger partial charge >= 0.3 is 6.09 Å². The third-order valence-corrected chi connectivity index (χ3v) is 4.97. The molecule has 1 heterocycles. The van der Waals surface area contributed by atoms with Crippen molar-refractivity contribution in [2.75, 3.05) is 13.2 Å². The molecule has 160 valence electrons. The molecular formula is C21H31N3O5. The van der Waals surface area contributed by atoms with Crippen LogP contribution in [0.2, 0.25) is 0 Å². The summed E-state index contributed by atoms with van der Waals surface area (Å²) in [6.07, 6.45) is 2.48. The zero-order chi connectivity index (χ0) is 21.1. The maximum Gasteiger partial charge on any atom is 0.408 e. The fourth-order valence-electron chi connectivity index (χ4n) is 3.28. The number of nitrogens with one attached hydrogen (secondary N) is 3. The van der Waals surface area contributed by atoms with E-state index < -0.39 is 18.2 Å². The van der Waals surface area contributed by atoms with Gasteiger partial charge in [0.25, 0.3) is 0 Å². The van der Waals surface area contributed by atoms with Crippen LogP contribution in [-0.4, -0.2) is 48.2 Å². The van der Waals surface area contributed by atoms with Gasteiger partial charge in [-0.05, 0) is 24.8 Å². The van der Waals surface area contributed by atoms with E-state index in [1.807, 2.05) is 37.3 Å². The number of hydrogen-bond acceptors (Lipinski definition) is 5. The highest BCUT2D eigenvalue weighted by Gasteiger charge is 2.29. The van der Waals surface area contributed by atoms with Crippen molar-refractivity contribution >= 4 is 17.9 Å². The van der Waals surface area contributed by atoms with Crippen LogP contribution in [0.5, 0.6) is 0 Å². The van der Waals surface area contributed by atoms with E-state index in [9.17, 15) is 19.5 Å². The summed E-state index contributed by atoms with van der Waals surface area (Å²) in [7, 11) is 0. The van der Waals surface area contributed by atoms with Crippen LogP contribution in [0.3, 0.4) is 0 Å². The molecule has 8 heteroatoms. The van der Waals surface area contributed by atoms with E-state index in [1.54, 1.807) is 0 Å². The molecule has 0 bridgehead atoms. The fraction of sp³-hybridized carbons (Fsp3) is 0.571. The molecular weight excluding hydrogens is 374 g/mol. The highest BCUT2D eigenvalue weighted by Crippen LogP contribution is 2.16. The lowest BCUT2D eigenvalue weighted by Gasteiger charge is -2.23. The minimum absolute atomic E-state index is 0.0529. The average Bonchev–Trinajstić information content (AvgIpc) is 3.14. The van der Waals surface area contributed by atoms with Gasteiger partial charge in [-0.1, -0.05) is 50.1 Å². The second-order valence-electron chi connectivity index (χ2n) is 7.30. The van der Waals surface area contributed by atoms with E-state index in [1.165, 1.54) is 0 Å². The van der Waals surface area contributed by atoms with Crippen molar-refractivity contribution < 1.29 is 24.2 Å². The number of benzene rings is 1. The van der Waals surface area contributed by atoms with Crippen LogP contribution in [-0.2, 0) is 20.9 Å². The number of aliphatic hydroxyl groups excluding tert-OH is 1. The van der Waals surface area contributed by atoms with Crippen LogP contribution in [0, 0.1) is 5.92 Å². The molecule has 1 aromatic rings. The van der Waals surface area contributed by atoms with Gasteiger partial charge in [0.1, 0.15) is 12.6 Å². The smallest absolute Gasteiger partial charge is 0.408 e. The van der Waals surface area contributed by atoms with Gasteiger partial charge in [0.2, 0.25) is 11.8 Å². The molecule has 0 spiro atoms. The topological polar surface area (TPSA) is 117 Å². The second kappa shape index (κ2) is 12.1. The second-order valence-corrected chi connectivity index (χ2v) is 7.30. The lowest BCUT2D eigenvalue weighted by molar-refractivity contribution is -0.126. The molecule has 1 aliphatic heterocycles. The first kappa shape index (κ1) is 22.7. The SMILES string of the molecule is CCCC[C@H](NC(=O)OCc1ccccc1)C(=O)N[C@H](CO)CC1CCNC1=O. The first-order valence-electron chi connectivity index (χ1n) is 10.2. The zero-order valence-electron chi connectivity index (χ0n) is 16.9. The molecule has 3 amide bonds. The highest BCUT2D eigenvalue weighted by molar-refractivity contribution is 5.86. The molecule has 1 fully saturated rings. The summed E-state index contributed by atoms with van der Waals surface area (Å²) in [5.41, 5.74) is 0.854. The Morgan fingerprint density at radius 2 is 2.03 bits per heavy atom. The third kappa shape index (κ3) is 7.73. The van der Waals surface area contributed by atoms with Crippen molar-refractivity contribution in [3.63, 3.8) is 0 Å². The summed E-state index contributed by atoms with van der Waals surface area (Å²) in [4.78, 5) is 36.6. The number of rotatable bonds is 11. The molecule has 1 unspecified atom stereocenters. The Balaban J connectivity index is 1.87. The largest absolute Gasteiger partial charge is 0.445 e. The van der Waals surface area contributed by atoms with Gasteiger partial charge in [0.15, 0.2) is 0 Å². The lowest BCUT2D eigenvalue weighted by Crippen LogP contribution is -2.51. The van der Waals surface area contributed by atoms with E-state index in [4.69, 9.17) is 4.74 Å². The van der Waals surface area contributed by atoms with Crippen molar-refractivity contribution in [1.82, 2.24) is 16.0 Å². The molecule has 2 rings (SSSR count). The summed E-state index contributed by atoms with van der Waals surface area (Å²) in [5, 5.41) is 17.7. The van der Waals surface area contributed by atoms with Crippen LogP contribution in [0.15, 0.2) is 30.3 Å². The van der Waals surface area contributed by atoms with E-state index in [2.05, 4.69) is 16.0 Å². The maximum atomic E-state index is 12.7. The molecule has 0 radical (unpaired) electrons. The maximum absolute atomic E-state index is 12.7. The molecule has 0 aromatic heterocycles. The van der Waals surface area contributed by atoms with Crippen molar-refractivity contribution in [3.8, 4) is 0 Å². The van der Waals surface area contributed by atoms with Gasteiger partial charge in [-0.3, -0.25) is 9.59 Å². The molecule has 8 nitrogen and oxygen atoms in total. The van der Waals surface area contributed by atoms with E-state index in [0.717, 1.165) is 18.4 Å². The predicted molar refractivity (Wildman–Crippen MR) is 108 cm³/mol. The summed E-state index contributed by atoms with van der Waals surface area (Å²) >= 11 is 0. The van der Waals surface area contributed by atoms with Gasteiger partial charge in [0, 0.05) is 12.5 Å².